The topological polar surface area (TPSA) is 143 Å². The average molecular weight is 792 g/mol. The lowest BCUT2D eigenvalue weighted by Crippen LogP contribution is -2.46. The van der Waals surface area contributed by atoms with Gasteiger partial charge in [-0.3, -0.25) is 19.8 Å². The Hall–Kier alpha value is -6.15. The number of benzene rings is 5. The van der Waals surface area contributed by atoms with Crippen molar-refractivity contribution in [1.29, 1.82) is 0 Å². The summed E-state index contributed by atoms with van der Waals surface area (Å²) < 4.78 is 40.4. The second kappa shape index (κ2) is 17.1. The van der Waals surface area contributed by atoms with Gasteiger partial charge in [0.15, 0.2) is 0 Å². The van der Waals surface area contributed by atoms with E-state index in [9.17, 15) is 23.3 Å². The zero-order chi connectivity index (χ0) is 39.1. The molecule has 1 amide bonds. The van der Waals surface area contributed by atoms with E-state index in [0.717, 1.165) is 48.1 Å². The molecule has 0 radical (unpaired) electrons. The summed E-state index contributed by atoms with van der Waals surface area (Å²) in [7, 11) is -4.54. The van der Waals surface area contributed by atoms with Crippen molar-refractivity contribution in [2.24, 2.45) is 0 Å². The predicted molar refractivity (Wildman–Crippen MR) is 217 cm³/mol. The lowest BCUT2D eigenvalue weighted by molar-refractivity contribution is -0.384. The zero-order valence-corrected chi connectivity index (χ0v) is 31.7. The number of hydrogen-bond acceptors (Lipinski definition) is 10. The minimum Gasteiger partial charge on any atom is -0.497 e. The summed E-state index contributed by atoms with van der Waals surface area (Å²) in [6.45, 7) is 4.41. The van der Waals surface area contributed by atoms with E-state index in [2.05, 4.69) is 32.0 Å². The number of ether oxygens (including phenoxy) is 2. The first-order chi connectivity index (χ1) is 27.1. The van der Waals surface area contributed by atoms with E-state index in [-0.39, 0.29) is 23.5 Å². The number of hydrogen-bond donors (Lipinski definition) is 2. The summed E-state index contributed by atoms with van der Waals surface area (Å²) in [5, 5.41) is 15.6. The molecule has 0 aromatic heterocycles. The van der Waals surface area contributed by atoms with Crippen LogP contribution in [0.1, 0.15) is 15.9 Å². The summed E-state index contributed by atoms with van der Waals surface area (Å²) >= 11 is 6.14. The van der Waals surface area contributed by atoms with Crippen LogP contribution in [0.15, 0.2) is 144 Å². The number of rotatable bonds is 13. The van der Waals surface area contributed by atoms with Crippen LogP contribution in [0.2, 0.25) is 5.02 Å². The molecule has 1 fully saturated rings. The Kier molecular flexibility index (Phi) is 11.7. The number of halogens is 1. The molecule has 0 unspecified atom stereocenters. The first kappa shape index (κ1) is 38.1. The van der Waals surface area contributed by atoms with Crippen molar-refractivity contribution in [2.45, 2.75) is 11.4 Å². The van der Waals surface area contributed by atoms with Gasteiger partial charge in [0, 0.05) is 62.1 Å². The van der Waals surface area contributed by atoms with E-state index in [4.69, 9.17) is 21.1 Å². The van der Waals surface area contributed by atoms with Gasteiger partial charge in [0.2, 0.25) is 0 Å². The molecule has 2 aliphatic heterocycles. The smallest absolute Gasteiger partial charge is 0.293 e. The molecule has 1 saturated heterocycles. The molecular formula is C42H38ClN5O7S. The lowest BCUT2D eigenvalue weighted by atomic mass is 9.99. The average Bonchev–Trinajstić information content (AvgIpc) is 3.21. The molecule has 2 heterocycles. The van der Waals surface area contributed by atoms with E-state index in [1.165, 1.54) is 30.0 Å². The minimum atomic E-state index is -4.54. The number of nitro benzene ring substituents is 1. The number of sulfonamides is 1. The highest BCUT2D eigenvalue weighted by Crippen LogP contribution is 2.33. The lowest BCUT2D eigenvalue weighted by Gasteiger charge is -2.36. The molecule has 12 nitrogen and oxygen atoms in total. The van der Waals surface area contributed by atoms with Crippen molar-refractivity contribution in [3.63, 3.8) is 0 Å². The Balaban J connectivity index is 1.06. The predicted octanol–water partition coefficient (Wildman–Crippen LogP) is 8.03. The monoisotopic (exact) mass is 791 g/mol. The number of amides is 1. The molecule has 0 bridgehead atoms. The largest absolute Gasteiger partial charge is 0.497 e. The highest BCUT2D eigenvalue weighted by molar-refractivity contribution is 7.90. The molecule has 0 saturated carbocycles. The minimum absolute atomic E-state index is 0.0239. The van der Waals surface area contributed by atoms with Crippen LogP contribution in [0, 0.1) is 10.1 Å². The molecule has 5 aromatic rings. The van der Waals surface area contributed by atoms with Crippen molar-refractivity contribution in [3.05, 3.63) is 166 Å². The highest BCUT2D eigenvalue weighted by atomic mass is 35.5. The summed E-state index contributed by atoms with van der Waals surface area (Å²) in [6, 6.07) is 33.5. The number of piperazine rings is 1. The van der Waals surface area contributed by atoms with Crippen LogP contribution >= 0.6 is 11.6 Å². The molecule has 14 heteroatoms. The second-order valence-corrected chi connectivity index (χ2v) is 15.3. The number of nitrogens with zero attached hydrogens (tertiary/aromatic N) is 3. The van der Waals surface area contributed by atoms with Gasteiger partial charge in [-0.15, -0.1) is 0 Å². The Bertz CT molecular complexity index is 2400. The van der Waals surface area contributed by atoms with Gasteiger partial charge >= 0.3 is 0 Å². The van der Waals surface area contributed by atoms with E-state index in [0.29, 0.717) is 30.5 Å². The van der Waals surface area contributed by atoms with Crippen LogP contribution in [0.25, 0.3) is 11.1 Å². The number of nitro groups is 1. The first-order valence-electron chi connectivity index (χ1n) is 17.9. The number of carbonyl (C=O) groups is 1. The van der Waals surface area contributed by atoms with Gasteiger partial charge in [-0.1, -0.05) is 66.2 Å². The molecule has 286 valence electrons. The molecule has 0 aliphatic carbocycles. The van der Waals surface area contributed by atoms with Crippen molar-refractivity contribution in [2.75, 3.05) is 49.5 Å². The van der Waals surface area contributed by atoms with Gasteiger partial charge < -0.3 is 19.7 Å². The Morgan fingerprint density at radius 1 is 0.893 bits per heavy atom. The highest BCUT2D eigenvalue weighted by Gasteiger charge is 2.27. The van der Waals surface area contributed by atoms with Gasteiger partial charge in [-0.2, -0.15) is 0 Å². The SMILES string of the molecule is O=C(NS(=O)(=O)c1ccc(NCC2=CCOC=C2)c([N+](=O)[O-])c1)c1ccc(N2CCN(Cc3ccccc3-c3ccc(Cl)cc3)CC2)cc1Oc1ccccc1. The molecular weight excluding hydrogens is 754 g/mol. The molecule has 0 atom stereocenters. The third-order valence-electron chi connectivity index (χ3n) is 9.49. The second-order valence-electron chi connectivity index (χ2n) is 13.2. The standard InChI is InChI=1S/C42H38ClN5O7S/c43-33-12-10-31(11-13-33)37-9-5-4-6-32(37)29-46-20-22-47(23-21-46)34-14-16-38(41(26-34)55-35-7-2-1-3-8-35)42(49)45-56(52,53)36-15-17-39(40(27-36)48(50)51)44-28-30-18-24-54-25-19-30/h1-19,24,26-27,44H,20-23,25,28-29H2,(H,45,49). The Morgan fingerprint density at radius 2 is 1.64 bits per heavy atom. The van der Waals surface area contributed by atoms with Gasteiger partial charge in [0.05, 0.1) is 21.6 Å². The van der Waals surface area contributed by atoms with Crippen LogP contribution in [-0.2, 0) is 21.3 Å². The molecule has 0 spiro atoms. The van der Waals surface area contributed by atoms with Crippen molar-refractivity contribution in [1.82, 2.24) is 9.62 Å². The summed E-state index contributed by atoms with van der Waals surface area (Å²) in [6.07, 6.45) is 5.08. The third kappa shape index (κ3) is 9.20. The summed E-state index contributed by atoms with van der Waals surface area (Å²) in [4.78, 5) is 29.1. The fourth-order valence-electron chi connectivity index (χ4n) is 6.53. The van der Waals surface area contributed by atoms with Crippen LogP contribution < -0.4 is 19.7 Å². The summed E-state index contributed by atoms with van der Waals surface area (Å²) in [5.74, 6) is -0.339. The Labute approximate surface area is 329 Å². The van der Waals surface area contributed by atoms with Gasteiger partial charge in [0.1, 0.15) is 23.8 Å². The molecule has 2 N–H and O–H groups in total. The molecule has 2 aliphatic rings. The number of carbonyl (C=O) groups excluding carboxylic acids is 1. The van der Waals surface area contributed by atoms with Crippen LogP contribution in [0.5, 0.6) is 11.5 Å². The fraction of sp³-hybridized carbons (Fsp3) is 0.167. The number of para-hydroxylation sites is 1. The maximum atomic E-state index is 13.7. The van der Waals surface area contributed by atoms with Crippen molar-refractivity contribution < 1.29 is 27.6 Å². The Morgan fingerprint density at radius 3 is 2.38 bits per heavy atom. The van der Waals surface area contributed by atoms with Crippen LogP contribution in [-0.4, -0.2) is 63.5 Å². The molecule has 56 heavy (non-hydrogen) atoms. The number of anilines is 2. The normalized spacial score (nSPS) is 14.4. The van der Waals surface area contributed by atoms with Crippen molar-refractivity contribution >= 4 is 44.6 Å². The van der Waals surface area contributed by atoms with Crippen molar-refractivity contribution in [3.8, 4) is 22.6 Å². The first-order valence-corrected chi connectivity index (χ1v) is 19.7. The van der Waals surface area contributed by atoms with Gasteiger partial charge in [0.25, 0.3) is 21.6 Å². The maximum Gasteiger partial charge on any atom is 0.293 e. The quantitative estimate of drug-likeness (QED) is 0.0889. The van der Waals surface area contributed by atoms with E-state index < -0.39 is 31.4 Å². The maximum absolute atomic E-state index is 13.7. The fourth-order valence-corrected chi connectivity index (χ4v) is 7.64. The van der Waals surface area contributed by atoms with E-state index in [1.807, 2.05) is 48.5 Å². The van der Waals surface area contributed by atoms with Gasteiger partial charge in [-0.05, 0) is 82.9 Å². The third-order valence-corrected chi connectivity index (χ3v) is 11.1. The summed E-state index contributed by atoms with van der Waals surface area (Å²) in [5.41, 5.74) is 4.79. The molecule has 7 rings (SSSR count). The van der Waals surface area contributed by atoms with E-state index >= 15 is 0 Å². The number of nitrogens with one attached hydrogen (secondary N) is 2. The van der Waals surface area contributed by atoms with E-state index in [1.54, 1.807) is 42.5 Å². The van der Waals surface area contributed by atoms with Crippen LogP contribution in [0.3, 0.4) is 0 Å². The zero-order valence-electron chi connectivity index (χ0n) is 30.1. The molecule has 5 aromatic carbocycles. The van der Waals surface area contributed by atoms with Gasteiger partial charge in [-0.25, -0.2) is 13.1 Å². The van der Waals surface area contributed by atoms with Crippen LogP contribution in [0.4, 0.5) is 17.1 Å².